The number of halogens is 2. The summed E-state index contributed by atoms with van der Waals surface area (Å²) < 4.78 is 27.9. The van der Waals surface area contributed by atoms with Gasteiger partial charge in [-0.25, -0.2) is 0 Å². The lowest BCUT2D eigenvalue weighted by molar-refractivity contribution is -0.385. The second-order valence-corrected chi connectivity index (χ2v) is 2.77. The first-order chi connectivity index (χ1) is 7.99. The molecule has 8 heteroatoms. The fourth-order valence-electron chi connectivity index (χ4n) is 1.12. The fraction of sp³-hybridized carbons (Fsp3) is 0.111. The van der Waals surface area contributed by atoms with Gasteiger partial charge in [-0.05, 0) is 6.07 Å². The van der Waals surface area contributed by atoms with Crippen molar-refractivity contribution in [2.75, 3.05) is 0 Å². The Hall–Kier alpha value is -2.56. The number of ether oxygens (including phenoxy) is 1. The molecule has 0 amide bonds. The zero-order chi connectivity index (χ0) is 13.0. The van der Waals surface area contributed by atoms with Crippen molar-refractivity contribution in [1.82, 2.24) is 0 Å². The maximum atomic E-state index is 12.0. The Morgan fingerprint density at radius 2 is 2.18 bits per heavy atom. The monoisotopic (exact) mass is 242 g/mol. The second kappa shape index (κ2) is 4.98. The lowest BCUT2D eigenvalue weighted by atomic mass is 10.1. The molecule has 0 N–H and O–H groups in total. The minimum Gasteiger partial charge on any atom is -0.434 e. The number of carbonyl (C=O) groups excluding carboxylic acids is 1. The van der Waals surface area contributed by atoms with E-state index < -0.39 is 28.5 Å². The molecule has 0 fully saturated rings. The quantitative estimate of drug-likeness (QED) is 0.456. The molecule has 0 aliphatic heterocycles. The first kappa shape index (κ1) is 12.5. The third-order valence-corrected chi connectivity index (χ3v) is 1.79. The number of hydrogen-bond acceptors (Lipinski definition) is 5. The van der Waals surface area contributed by atoms with Crippen molar-refractivity contribution in [2.24, 2.45) is 0 Å². The molecule has 88 valence electrons. The molecule has 0 spiro atoms. The minimum absolute atomic E-state index is 0.169. The van der Waals surface area contributed by atoms with E-state index in [0.717, 1.165) is 6.07 Å². The summed E-state index contributed by atoms with van der Waals surface area (Å²) >= 11 is 0. The number of rotatable bonds is 4. The first-order valence-corrected chi connectivity index (χ1v) is 4.12. The lowest BCUT2D eigenvalue weighted by Crippen LogP contribution is -2.06. The molecule has 1 rings (SSSR count). The molecule has 0 aromatic heterocycles. The van der Waals surface area contributed by atoms with Crippen LogP contribution in [-0.4, -0.2) is 17.8 Å². The van der Waals surface area contributed by atoms with Gasteiger partial charge in [-0.15, -0.1) is 0 Å². The van der Waals surface area contributed by atoms with Crippen molar-refractivity contribution in [3.8, 4) is 11.8 Å². The normalized spacial score (nSPS) is 9.76. The number of nitriles is 1. The van der Waals surface area contributed by atoms with Crippen LogP contribution in [-0.2, 0) is 0 Å². The summed E-state index contributed by atoms with van der Waals surface area (Å²) in [6.45, 7) is -3.22. The third kappa shape index (κ3) is 2.72. The average molecular weight is 242 g/mol. The highest BCUT2D eigenvalue weighted by molar-refractivity contribution is 5.81. The van der Waals surface area contributed by atoms with Crippen LogP contribution in [0, 0.1) is 21.4 Å². The molecule has 1 aromatic carbocycles. The Kier molecular flexibility index (Phi) is 3.66. The number of alkyl halides is 2. The van der Waals surface area contributed by atoms with Crippen LogP contribution in [0.1, 0.15) is 15.9 Å². The van der Waals surface area contributed by atoms with Gasteiger partial charge in [0, 0.05) is 0 Å². The van der Waals surface area contributed by atoms with E-state index in [4.69, 9.17) is 5.26 Å². The van der Waals surface area contributed by atoms with E-state index >= 15 is 0 Å². The number of aldehydes is 1. The van der Waals surface area contributed by atoms with Crippen molar-refractivity contribution in [1.29, 1.82) is 5.26 Å². The topological polar surface area (TPSA) is 93.2 Å². The first-order valence-electron chi connectivity index (χ1n) is 4.12. The van der Waals surface area contributed by atoms with E-state index in [-0.39, 0.29) is 11.8 Å². The minimum atomic E-state index is -3.22. The predicted molar refractivity (Wildman–Crippen MR) is 49.8 cm³/mol. The molecule has 0 aliphatic rings. The molecule has 0 radical (unpaired) electrons. The zero-order valence-electron chi connectivity index (χ0n) is 8.09. The maximum Gasteiger partial charge on any atom is 0.387 e. The van der Waals surface area contributed by atoms with Crippen molar-refractivity contribution in [3.63, 3.8) is 0 Å². The number of nitro groups is 1. The maximum absolute atomic E-state index is 12.0. The van der Waals surface area contributed by atoms with Gasteiger partial charge < -0.3 is 4.74 Å². The zero-order valence-corrected chi connectivity index (χ0v) is 8.09. The molecule has 0 aliphatic carbocycles. The third-order valence-electron chi connectivity index (χ3n) is 1.79. The molecule has 17 heavy (non-hydrogen) atoms. The van der Waals surface area contributed by atoms with Crippen LogP contribution in [0.15, 0.2) is 12.1 Å². The van der Waals surface area contributed by atoms with E-state index in [1.54, 1.807) is 0 Å². The average Bonchev–Trinajstić information content (AvgIpc) is 2.27. The summed E-state index contributed by atoms with van der Waals surface area (Å²) in [5.41, 5.74) is -1.46. The second-order valence-electron chi connectivity index (χ2n) is 2.77. The predicted octanol–water partition coefficient (Wildman–Crippen LogP) is 1.88. The fourth-order valence-corrected chi connectivity index (χ4v) is 1.12. The van der Waals surface area contributed by atoms with Gasteiger partial charge in [0.2, 0.25) is 0 Å². The van der Waals surface area contributed by atoms with E-state index in [0.29, 0.717) is 6.07 Å². The molecule has 6 nitrogen and oxygen atoms in total. The lowest BCUT2D eigenvalue weighted by Gasteiger charge is -2.07. The molecule has 0 atom stereocenters. The van der Waals surface area contributed by atoms with Gasteiger partial charge in [0.05, 0.1) is 16.6 Å². The van der Waals surface area contributed by atoms with Gasteiger partial charge in [-0.3, -0.25) is 14.9 Å². The number of nitrogens with zero attached hydrogens (tertiary/aromatic N) is 2. The molecular formula is C9H4F2N2O4. The summed E-state index contributed by atoms with van der Waals surface area (Å²) in [5.74, 6) is -0.638. The Morgan fingerprint density at radius 1 is 1.53 bits per heavy atom. The van der Waals surface area contributed by atoms with Crippen molar-refractivity contribution in [2.45, 2.75) is 6.61 Å². The molecule has 0 saturated heterocycles. The SMILES string of the molecule is N#Cc1cc(C=O)c(OC(F)F)cc1[N+](=O)[O-]. The van der Waals surface area contributed by atoms with E-state index in [9.17, 15) is 23.7 Å². The standard InChI is InChI=1S/C9H4F2N2O4/c10-9(11)17-8-2-7(13(15)16)5(3-12)1-6(8)4-14/h1-2,4,9H. The summed E-state index contributed by atoms with van der Waals surface area (Å²) in [6.07, 6.45) is 0.169. The smallest absolute Gasteiger partial charge is 0.387 e. The molecule has 0 heterocycles. The van der Waals surface area contributed by atoms with Crippen LogP contribution in [0.25, 0.3) is 0 Å². The van der Waals surface area contributed by atoms with E-state index in [1.807, 2.05) is 0 Å². The Labute approximate surface area is 93.2 Å². The number of carbonyl (C=O) groups is 1. The number of nitro benzene ring substituents is 1. The van der Waals surface area contributed by atoms with Crippen molar-refractivity contribution < 1.29 is 23.2 Å². The van der Waals surface area contributed by atoms with Crippen molar-refractivity contribution >= 4 is 12.0 Å². The van der Waals surface area contributed by atoms with Gasteiger partial charge in [0.1, 0.15) is 17.4 Å². The highest BCUT2D eigenvalue weighted by Gasteiger charge is 2.20. The van der Waals surface area contributed by atoms with Gasteiger partial charge in [0.15, 0.2) is 6.29 Å². The number of benzene rings is 1. The largest absolute Gasteiger partial charge is 0.434 e. The van der Waals surface area contributed by atoms with E-state index in [1.165, 1.54) is 6.07 Å². The van der Waals surface area contributed by atoms with Gasteiger partial charge >= 0.3 is 6.61 Å². The van der Waals surface area contributed by atoms with Crippen LogP contribution in [0.4, 0.5) is 14.5 Å². The number of hydrogen-bond donors (Lipinski definition) is 0. The van der Waals surface area contributed by atoms with Gasteiger partial charge in [0.25, 0.3) is 5.69 Å². The van der Waals surface area contributed by atoms with Crippen LogP contribution < -0.4 is 4.74 Å². The highest BCUT2D eigenvalue weighted by Crippen LogP contribution is 2.28. The Bertz CT molecular complexity index is 510. The summed E-state index contributed by atoms with van der Waals surface area (Å²) in [5, 5.41) is 19.1. The van der Waals surface area contributed by atoms with Crippen LogP contribution in [0.2, 0.25) is 0 Å². The van der Waals surface area contributed by atoms with Gasteiger partial charge in [-0.2, -0.15) is 14.0 Å². The molecular weight excluding hydrogens is 238 g/mol. The molecule has 1 aromatic rings. The Balaban J connectivity index is 3.40. The molecule has 0 bridgehead atoms. The highest BCUT2D eigenvalue weighted by atomic mass is 19.3. The van der Waals surface area contributed by atoms with Gasteiger partial charge in [-0.1, -0.05) is 0 Å². The van der Waals surface area contributed by atoms with Crippen LogP contribution in [0.3, 0.4) is 0 Å². The summed E-state index contributed by atoms with van der Waals surface area (Å²) in [7, 11) is 0. The summed E-state index contributed by atoms with van der Waals surface area (Å²) in [6, 6.07) is 2.93. The van der Waals surface area contributed by atoms with Crippen LogP contribution in [0.5, 0.6) is 5.75 Å². The molecule has 0 unspecified atom stereocenters. The van der Waals surface area contributed by atoms with Crippen LogP contribution >= 0.6 is 0 Å². The van der Waals surface area contributed by atoms with E-state index in [2.05, 4.69) is 4.74 Å². The van der Waals surface area contributed by atoms with Crippen molar-refractivity contribution in [3.05, 3.63) is 33.4 Å². The molecule has 0 saturated carbocycles. The Morgan fingerprint density at radius 3 is 2.59 bits per heavy atom. The summed E-state index contributed by atoms with van der Waals surface area (Å²) in [4.78, 5) is 20.2.